The van der Waals surface area contributed by atoms with Gasteiger partial charge in [0.05, 0.1) is 18.4 Å². The maximum Gasteiger partial charge on any atom is 0.129 e. The van der Waals surface area contributed by atoms with Crippen LogP contribution in [0.1, 0.15) is 31.1 Å². The quantitative estimate of drug-likeness (QED) is 0.457. The van der Waals surface area contributed by atoms with Crippen molar-refractivity contribution in [3.63, 3.8) is 0 Å². The maximum absolute atomic E-state index is 11.1. The van der Waals surface area contributed by atoms with Crippen molar-refractivity contribution in [2.24, 2.45) is 5.92 Å². The molecule has 2 aromatic carbocycles. The van der Waals surface area contributed by atoms with Crippen LogP contribution in [0, 0.1) is 5.92 Å². The number of ether oxygens (including phenoxy) is 1. The van der Waals surface area contributed by atoms with Crippen molar-refractivity contribution < 1.29 is 9.84 Å². The van der Waals surface area contributed by atoms with E-state index < -0.39 is 6.10 Å². The number of hydrogen-bond acceptors (Lipinski definition) is 6. The highest BCUT2D eigenvalue weighted by molar-refractivity contribution is 5.69. The van der Waals surface area contributed by atoms with Gasteiger partial charge in [-0.1, -0.05) is 56.3 Å². The fourth-order valence-corrected chi connectivity index (χ4v) is 4.41. The Morgan fingerprint density at radius 2 is 1.69 bits per heavy atom. The summed E-state index contributed by atoms with van der Waals surface area (Å²) in [6.07, 6.45) is 0.506. The number of β-amino-alcohol motifs (C(OH)–C–C–N with tert-alkyl or cyclic N) is 1. The number of benzene rings is 2. The number of nitrogens with zero attached hydrogens (tertiary/aromatic N) is 3. The molecule has 1 aliphatic heterocycles. The third-order valence-electron chi connectivity index (χ3n) is 6.46. The van der Waals surface area contributed by atoms with Crippen LogP contribution in [0.3, 0.4) is 0 Å². The lowest BCUT2D eigenvalue weighted by molar-refractivity contribution is 0.0728. The molecule has 1 atom stereocenters. The molecule has 1 unspecified atom stereocenters. The Morgan fingerprint density at radius 3 is 2.40 bits per heavy atom. The molecule has 0 radical (unpaired) electrons. The fourth-order valence-electron chi connectivity index (χ4n) is 4.41. The number of nitrogen functional groups attached to an aromatic ring is 1. The summed E-state index contributed by atoms with van der Waals surface area (Å²) in [4.78, 5) is 9.33. The first-order valence-corrected chi connectivity index (χ1v) is 12.6. The molecule has 0 bridgehead atoms. The molecule has 1 aromatic heterocycles. The summed E-state index contributed by atoms with van der Waals surface area (Å²) in [5.74, 6) is 1.60. The third kappa shape index (κ3) is 7.28. The van der Waals surface area contributed by atoms with Gasteiger partial charge in [-0.05, 0) is 47.7 Å². The number of aliphatic hydroxyl groups excluding tert-OH is 1. The van der Waals surface area contributed by atoms with E-state index in [0.717, 1.165) is 61.7 Å². The highest BCUT2D eigenvalue weighted by Crippen LogP contribution is 2.32. The van der Waals surface area contributed by atoms with Crippen LogP contribution in [-0.4, -0.2) is 65.8 Å². The van der Waals surface area contributed by atoms with Gasteiger partial charge in [0.25, 0.3) is 0 Å². The lowest BCUT2D eigenvalue weighted by atomic mass is 10.0. The van der Waals surface area contributed by atoms with Crippen LogP contribution in [0.4, 0.5) is 5.82 Å². The SMILES string of the molecule is CC(C)COc1cc(C(O)CN2CCN(CCc3ccccc3)CC2)ccc1-c1cccc(N)n1. The minimum atomic E-state index is -0.574. The number of nitrogens with two attached hydrogens (primary N) is 1. The van der Waals surface area contributed by atoms with Crippen LogP contribution in [0.2, 0.25) is 0 Å². The van der Waals surface area contributed by atoms with Crippen LogP contribution in [-0.2, 0) is 6.42 Å². The van der Waals surface area contributed by atoms with E-state index in [9.17, 15) is 5.11 Å². The number of anilines is 1. The Balaban J connectivity index is 1.36. The predicted octanol–water partition coefficient (Wildman–Crippen LogP) is 4.26. The summed E-state index contributed by atoms with van der Waals surface area (Å²) in [6.45, 7) is 10.5. The van der Waals surface area contributed by atoms with Crippen LogP contribution >= 0.6 is 0 Å². The van der Waals surface area contributed by atoms with Crippen molar-refractivity contribution in [3.8, 4) is 17.0 Å². The van der Waals surface area contributed by atoms with Gasteiger partial charge in [-0.15, -0.1) is 0 Å². The molecule has 6 heteroatoms. The second-order valence-corrected chi connectivity index (χ2v) is 9.80. The Hall–Kier alpha value is -2.93. The van der Waals surface area contributed by atoms with Gasteiger partial charge in [0, 0.05) is 44.8 Å². The number of pyridine rings is 1. The average molecular weight is 475 g/mol. The van der Waals surface area contributed by atoms with E-state index in [-0.39, 0.29) is 0 Å². The van der Waals surface area contributed by atoms with Gasteiger partial charge >= 0.3 is 0 Å². The second kappa shape index (κ2) is 12.2. The molecule has 0 spiro atoms. The number of aliphatic hydroxyl groups is 1. The Morgan fingerprint density at radius 1 is 0.943 bits per heavy atom. The summed E-state index contributed by atoms with van der Waals surface area (Å²) in [5.41, 5.74) is 9.82. The number of rotatable bonds is 10. The van der Waals surface area contributed by atoms with Gasteiger partial charge in [0.1, 0.15) is 11.6 Å². The first-order valence-electron chi connectivity index (χ1n) is 12.6. The zero-order valence-corrected chi connectivity index (χ0v) is 20.9. The van der Waals surface area contributed by atoms with E-state index in [4.69, 9.17) is 10.5 Å². The minimum Gasteiger partial charge on any atom is -0.493 e. The van der Waals surface area contributed by atoms with Gasteiger partial charge in [-0.3, -0.25) is 4.90 Å². The van der Waals surface area contributed by atoms with Crippen molar-refractivity contribution in [1.29, 1.82) is 0 Å². The molecule has 0 saturated carbocycles. The fraction of sp³-hybridized carbons (Fsp3) is 0.414. The molecular weight excluding hydrogens is 436 g/mol. The van der Waals surface area contributed by atoms with Crippen LogP contribution in [0.15, 0.2) is 66.7 Å². The van der Waals surface area contributed by atoms with E-state index >= 15 is 0 Å². The van der Waals surface area contributed by atoms with Crippen LogP contribution in [0.5, 0.6) is 5.75 Å². The highest BCUT2D eigenvalue weighted by Gasteiger charge is 2.21. The molecule has 0 aliphatic carbocycles. The summed E-state index contributed by atoms with van der Waals surface area (Å²) in [5, 5.41) is 11.1. The highest BCUT2D eigenvalue weighted by atomic mass is 16.5. The standard InChI is InChI=1S/C29H38N4O2/c1-22(2)21-35-28-19-24(11-12-25(28)26-9-6-10-29(30)31-26)27(34)20-33-17-15-32(16-18-33)14-13-23-7-4-3-5-8-23/h3-12,19,22,27,34H,13-18,20-21H2,1-2H3,(H2,30,31). The monoisotopic (exact) mass is 474 g/mol. The lowest BCUT2D eigenvalue weighted by Gasteiger charge is -2.35. The summed E-state index contributed by atoms with van der Waals surface area (Å²) < 4.78 is 6.14. The molecule has 1 saturated heterocycles. The van der Waals surface area contributed by atoms with Crippen molar-refractivity contribution in [2.45, 2.75) is 26.4 Å². The van der Waals surface area contributed by atoms with Gasteiger partial charge in [0.15, 0.2) is 0 Å². The van der Waals surface area contributed by atoms with E-state index in [0.29, 0.717) is 24.9 Å². The molecule has 1 fully saturated rings. The normalized spacial score (nSPS) is 15.9. The first kappa shape index (κ1) is 25.2. The average Bonchev–Trinajstić information content (AvgIpc) is 2.87. The molecule has 3 aromatic rings. The van der Waals surface area contributed by atoms with E-state index in [1.54, 1.807) is 6.07 Å². The molecule has 0 amide bonds. The Bertz CT molecular complexity index is 1070. The second-order valence-electron chi connectivity index (χ2n) is 9.80. The number of aromatic nitrogens is 1. The predicted molar refractivity (Wildman–Crippen MR) is 142 cm³/mol. The smallest absolute Gasteiger partial charge is 0.129 e. The summed E-state index contributed by atoms with van der Waals surface area (Å²) >= 11 is 0. The van der Waals surface area contributed by atoms with Gasteiger partial charge < -0.3 is 20.5 Å². The topological polar surface area (TPSA) is 74.9 Å². The van der Waals surface area contributed by atoms with Crippen LogP contribution in [0.25, 0.3) is 11.3 Å². The molecule has 4 rings (SSSR count). The largest absolute Gasteiger partial charge is 0.493 e. The van der Waals surface area contributed by atoms with Gasteiger partial charge in [-0.2, -0.15) is 0 Å². The third-order valence-corrected chi connectivity index (χ3v) is 6.46. The molecular formula is C29H38N4O2. The van der Waals surface area contributed by atoms with Crippen molar-refractivity contribution in [2.75, 3.05) is 51.6 Å². The molecule has 2 heterocycles. The number of hydrogen-bond donors (Lipinski definition) is 2. The lowest BCUT2D eigenvalue weighted by Crippen LogP contribution is -2.47. The van der Waals surface area contributed by atoms with E-state index in [1.165, 1.54) is 5.56 Å². The van der Waals surface area contributed by atoms with Gasteiger partial charge in [0.2, 0.25) is 0 Å². The Labute approximate surface area is 209 Å². The zero-order valence-electron chi connectivity index (χ0n) is 20.9. The van der Waals surface area contributed by atoms with Crippen molar-refractivity contribution in [1.82, 2.24) is 14.8 Å². The maximum atomic E-state index is 11.1. The van der Waals surface area contributed by atoms with Crippen molar-refractivity contribution in [3.05, 3.63) is 77.9 Å². The molecule has 1 aliphatic rings. The minimum absolute atomic E-state index is 0.392. The molecule has 6 nitrogen and oxygen atoms in total. The van der Waals surface area contributed by atoms with Crippen LogP contribution < -0.4 is 10.5 Å². The molecule has 3 N–H and O–H groups in total. The molecule has 186 valence electrons. The summed E-state index contributed by atoms with van der Waals surface area (Å²) in [7, 11) is 0. The first-order chi connectivity index (χ1) is 17.0. The summed E-state index contributed by atoms with van der Waals surface area (Å²) in [6, 6.07) is 22.2. The van der Waals surface area contributed by atoms with Crippen molar-refractivity contribution >= 4 is 5.82 Å². The van der Waals surface area contributed by atoms with E-state index in [2.05, 4.69) is 59.0 Å². The Kier molecular flexibility index (Phi) is 8.74. The molecule has 35 heavy (non-hydrogen) atoms. The number of piperazine rings is 1. The zero-order chi connectivity index (χ0) is 24.6. The van der Waals surface area contributed by atoms with E-state index in [1.807, 2.05) is 30.3 Å². The van der Waals surface area contributed by atoms with Gasteiger partial charge in [-0.25, -0.2) is 4.98 Å².